The fraction of sp³-hybridized carbons (Fsp3) is 0.400. The van der Waals surface area contributed by atoms with Crippen LogP contribution in [0.5, 0.6) is 0 Å². The molecule has 2 saturated heterocycles. The van der Waals surface area contributed by atoms with Gasteiger partial charge in [0.1, 0.15) is 12.2 Å². The Kier molecular flexibility index (Phi) is 6.66. The molecule has 3 atom stereocenters. The molecule has 226 valence electrons. The van der Waals surface area contributed by atoms with Crippen molar-refractivity contribution in [3.05, 3.63) is 106 Å². The van der Waals surface area contributed by atoms with Crippen molar-refractivity contribution >= 4 is 0 Å². The maximum atomic E-state index is 6.11. The highest BCUT2D eigenvalue weighted by atomic mass is 16.6. The Bertz CT molecular complexity index is 1760. The van der Waals surface area contributed by atoms with Gasteiger partial charge in [-0.05, 0) is 92.2 Å². The van der Waals surface area contributed by atoms with Crippen LogP contribution in [0.4, 0.5) is 0 Å². The molecule has 2 fully saturated rings. The van der Waals surface area contributed by atoms with Crippen LogP contribution in [-0.4, -0.2) is 45.2 Å². The normalized spacial score (nSPS) is 21.8. The fourth-order valence-electron chi connectivity index (χ4n) is 7.39. The molecule has 2 aliphatic heterocycles. The van der Waals surface area contributed by atoms with Crippen LogP contribution >= 0.6 is 0 Å². The second kappa shape index (κ2) is 10.4. The summed E-state index contributed by atoms with van der Waals surface area (Å²) >= 11 is 0. The third-order valence-corrected chi connectivity index (χ3v) is 10.4. The van der Waals surface area contributed by atoms with Crippen LogP contribution in [0.15, 0.2) is 72.8 Å². The molecule has 4 nitrogen and oxygen atoms in total. The highest BCUT2D eigenvalue weighted by Gasteiger charge is 2.38. The fourth-order valence-corrected chi connectivity index (χ4v) is 7.39. The Balaban J connectivity index is 1.06. The number of fused-ring (bicyclic) bond motifs is 6. The first-order valence-electron chi connectivity index (χ1n) is 16.2. The van der Waals surface area contributed by atoms with E-state index in [2.05, 4.69) is 107 Å². The number of ether oxygens (including phenoxy) is 4. The standard InChI is InChI=1S/C40H42O4/c1-24(42-21-30-23-44-30)26-7-11-32-34-13-9-28(19-38(34)40(4,5)36(32)17-26)27-8-12-33-31-10-6-25(14-15-41-20-29-22-43-29)16-35(31)39(2,3)37(33)18-27/h6-13,16-19,24,29-30H,14-15,20-23H2,1-5H3. The van der Waals surface area contributed by atoms with Crippen LogP contribution < -0.4 is 0 Å². The van der Waals surface area contributed by atoms with E-state index in [-0.39, 0.29) is 23.0 Å². The van der Waals surface area contributed by atoms with E-state index >= 15 is 0 Å². The summed E-state index contributed by atoms with van der Waals surface area (Å²) in [6.07, 6.45) is 1.57. The zero-order valence-electron chi connectivity index (χ0n) is 26.5. The van der Waals surface area contributed by atoms with Gasteiger partial charge in [0, 0.05) is 10.8 Å². The molecule has 0 radical (unpaired) electrons. The van der Waals surface area contributed by atoms with Gasteiger partial charge in [-0.15, -0.1) is 0 Å². The van der Waals surface area contributed by atoms with Crippen molar-refractivity contribution < 1.29 is 18.9 Å². The van der Waals surface area contributed by atoms with Crippen molar-refractivity contribution in [2.24, 2.45) is 0 Å². The van der Waals surface area contributed by atoms with Gasteiger partial charge in [0.25, 0.3) is 0 Å². The van der Waals surface area contributed by atoms with E-state index < -0.39 is 0 Å². The second-order valence-electron chi connectivity index (χ2n) is 14.2. The predicted molar refractivity (Wildman–Crippen MR) is 175 cm³/mol. The minimum absolute atomic E-state index is 0.0466. The lowest BCUT2D eigenvalue weighted by Gasteiger charge is -2.24. The summed E-state index contributed by atoms with van der Waals surface area (Å²) < 4.78 is 22.5. The maximum Gasteiger partial charge on any atom is 0.104 e. The Morgan fingerprint density at radius 2 is 1.16 bits per heavy atom. The first-order chi connectivity index (χ1) is 21.2. The highest BCUT2D eigenvalue weighted by Crippen LogP contribution is 2.52. The van der Waals surface area contributed by atoms with Crippen molar-refractivity contribution in [2.45, 2.75) is 70.2 Å². The third kappa shape index (κ3) is 4.84. The van der Waals surface area contributed by atoms with Crippen LogP contribution in [0.1, 0.15) is 74.1 Å². The Morgan fingerprint density at radius 3 is 1.75 bits per heavy atom. The van der Waals surface area contributed by atoms with Gasteiger partial charge in [0.05, 0.1) is 39.1 Å². The lowest BCUT2D eigenvalue weighted by Crippen LogP contribution is -2.16. The van der Waals surface area contributed by atoms with E-state index in [9.17, 15) is 0 Å². The molecular formula is C40H42O4. The largest absolute Gasteiger partial charge is 0.378 e. The molecule has 4 aromatic carbocycles. The minimum Gasteiger partial charge on any atom is -0.378 e. The van der Waals surface area contributed by atoms with Crippen molar-refractivity contribution in [1.82, 2.24) is 0 Å². The molecule has 0 saturated carbocycles. The zero-order valence-corrected chi connectivity index (χ0v) is 26.5. The highest BCUT2D eigenvalue weighted by molar-refractivity contribution is 5.86. The summed E-state index contributed by atoms with van der Waals surface area (Å²) in [5.41, 5.74) is 16.0. The van der Waals surface area contributed by atoms with E-state index in [0.717, 1.165) is 26.2 Å². The topological polar surface area (TPSA) is 43.5 Å². The van der Waals surface area contributed by atoms with Crippen LogP contribution in [0, 0.1) is 0 Å². The third-order valence-electron chi connectivity index (χ3n) is 10.4. The molecule has 2 heterocycles. The zero-order chi connectivity index (χ0) is 30.2. The summed E-state index contributed by atoms with van der Waals surface area (Å²) in [5, 5.41) is 0. The molecular weight excluding hydrogens is 544 g/mol. The van der Waals surface area contributed by atoms with Gasteiger partial charge in [-0.3, -0.25) is 0 Å². The second-order valence-corrected chi connectivity index (χ2v) is 14.2. The molecule has 4 aromatic rings. The molecule has 0 amide bonds. The molecule has 3 unspecified atom stereocenters. The van der Waals surface area contributed by atoms with Gasteiger partial charge < -0.3 is 18.9 Å². The molecule has 0 bridgehead atoms. The Labute approximate surface area is 261 Å². The van der Waals surface area contributed by atoms with E-state index in [4.69, 9.17) is 18.9 Å². The maximum absolute atomic E-state index is 6.11. The van der Waals surface area contributed by atoms with Crippen LogP contribution in [0.2, 0.25) is 0 Å². The molecule has 8 rings (SSSR count). The minimum atomic E-state index is -0.0892. The quantitative estimate of drug-likeness (QED) is 0.138. The number of hydrogen-bond donors (Lipinski definition) is 0. The smallest absolute Gasteiger partial charge is 0.104 e. The van der Waals surface area contributed by atoms with Gasteiger partial charge in [0.2, 0.25) is 0 Å². The number of hydrogen-bond acceptors (Lipinski definition) is 4. The van der Waals surface area contributed by atoms with Crippen molar-refractivity contribution in [1.29, 1.82) is 0 Å². The molecule has 0 N–H and O–H groups in total. The lowest BCUT2D eigenvalue weighted by atomic mass is 9.80. The average Bonchev–Trinajstić information content (AvgIpc) is 3.97. The molecule has 44 heavy (non-hydrogen) atoms. The first-order valence-corrected chi connectivity index (χ1v) is 16.2. The molecule has 4 aliphatic rings. The average molecular weight is 587 g/mol. The molecule has 2 aliphatic carbocycles. The molecule has 0 aromatic heterocycles. The van der Waals surface area contributed by atoms with Gasteiger partial charge in [-0.2, -0.15) is 0 Å². The van der Waals surface area contributed by atoms with Crippen LogP contribution in [0.25, 0.3) is 33.4 Å². The number of benzene rings is 4. The van der Waals surface area contributed by atoms with Crippen LogP contribution in [0.3, 0.4) is 0 Å². The Hall–Kier alpha value is -3.28. The summed E-state index contributed by atoms with van der Waals surface area (Å²) in [7, 11) is 0. The van der Waals surface area contributed by atoms with Gasteiger partial charge >= 0.3 is 0 Å². The van der Waals surface area contributed by atoms with Gasteiger partial charge in [-0.25, -0.2) is 0 Å². The number of rotatable bonds is 10. The molecule has 4 heteroatoms. The first kappa shape index (κ1) is 28.2. The summed E-state index contributed by atoms with van der Waals surface area (Å²) in [4.78, 5) is 0. The van der Waals surface area contributed by atoms with E-state index in [0.29, 0.717) is 19.3 Å². The SMILES string of the molecule is CC(OCC1CO1)c1ccc2c(c1)C(C)(C)c1cc(-c3ccc4c(c3)C(C)(C)c3cc(CCOCC5CO5)ccc3-4)ccc1-2. The van der Waals surface area contributed by atoms with Crippen molar-refractivity contribution in [3.63, 3.8) is 0 Å². The number of epoxide rings is 2. The van der Waals surface area contributed by atoms with Crippen LogP contribution in [-0.2, 0) is 36.2 Å². The van der Waals surface area contributed by atoms with E-state index in [1.54, 1.807) is 0 Å². The summed E-state index contributed by atoms with van der Waals surface area (Å²) in [6, 6.07) is 28.0. The van der Waals surface area contributed by atoms with Crippen molar-refractivity contribution in [2.75, 3.05) is 33.0 Å². The summed E-state index contributed by atoms with van der Waals surface area (Å²) in [5.74, 6) is 0. The molecule has 0 spiro atoms. The van der Waals surface area contributed by atoms with E-state index in [1.165, 1.54) is 66.8 Å². The van der Waals surface area contributed by atoms with Gasteiger partial charge in [0.15, 0.2) is 0 Å². The Morgan fingerprint density at radius 1 is 0.659 bits per heavy atom. The van der Waals surface area contributed by atoms with Gasteiger partial charge in [-0.1, -0.05) is 88.4 Å². The van der Waals surface area contributed by atoms with Crippen molar-refractivity contribution in [3.8, 4) is 33.4 Å². The summed E-state index contributed by atoms with van der Waals surface area (Å²) in [6.45, 7) is 15.4. The lowest BCUT2D eigenvalue weighted by molar-refractivity contribution is 0.0539. The monoisotopic (exact) mass is 586 g/mol. The van der Waals surface area contributed by atoms with E-state index in [1.807, 2.05) is 0 Å². The predicted octanol–water partition coefficient (Wildman–Crippen LogP) is 8.40.